The molecular formula is C15H33NO2. The lowest BCUT2D eigenvalue weighted by atomic mass is 10.1. The van der Waals surface area contributed by atoms with Gasteiger partial charge in [-0.05, 0) is 25.7 Å². The van der Waals surface area contributed by atoms with Gasteiger partial charge in [0.2, 0.25) is 0 Å². The lowest BCUT2D eigenvalue weighted by Crippen LogP contribution is -2.38. The highest BCUT2D eigenvalue weighted by Crippen LogP contribution is 2.09. The Morgan fingerprint density at radius 1 is 0.667 bits per heavy atom. The first-order valence-corrected chi connectivity index (χ1v) is 7.82. The molecule has 0 saturated heterocycles. The number of unbranched alkanes of at least 4 members (excludes halogenated alkanes) is 7. The van der Waals surface area contributed by atoms with Gasteiger partial charge in [-0.25, -0.2) is 0 Å². The first-order chi connectivity index (χ1) is 8.70. The van der Waals surface area contributed by atoms with Crippen LogP contribution < -0.4 is 5.32 Å². The molecule has 2 atom stereocenters. The van der Waals surface area contributed by atoms with E-state index in [0.717, 1.165) is 32.1 Å². The van der Waals surface area contributed by atoms with Crippen LogP contribution in [0.3, 0.4) is 0 Å². The van der Waals surface area contributed by atoms with E-state index in [1.807, 2.05) is 0 Å². The average molecular weight is 259 g/mol. The molecule has 0 bridgehead atoms. The van der Waals surface area contributed by atoms with E-state index in [1.54, 1.807) is 0 Å². The SMILES string of the molecule is CCCCCCCCCC(O)NC(O)CCCC. The van der Waals surface area contributed by atoms with Gasteiger partial charge in [-0.2, -0.15) is 0 Å². The highest BCUT2D eigenvalue weighted by atomic mass is 16.3. The fraction of sp³-hybridized carbons (Fsp3) is 1.00. The molecule has 0 radical (unpaired) electrons. The Labute approximate surface area is 113 Å². The maximum absolute atomic E-state index is 9.69. The molecule has 0 fully saturated rings. The van der Waals surface area contributed by atoms with Gasteiger partial charge < -0.3 is 10.2 Å². The van der Waals surface area contributed by atoms with Crippen molar-refractivity contribution in [1.82, 2.24) is 5.32 Å². The highest BCUT2D eigenvalue weighted by Gasteiger charge is 2.08. The van der Waals surface area contributed by atoms with E-state index in [1.165, 1.54) is 38.5 Å². The second kappa shape index (κ2) is 13.3. The van der Waals surface area contributed by atoms with Crippen molar-refractivity contribution in [3.63, 3.8) is 0 Å². The zero-order chi connectivity index (χ0) is 13.6. The minimum Gasteiger partial charge on any atom is -0.379 e. The van der Waals surface area contributed by atoms with E-state index >= 15 is 0 Å². The fourth-order valence-electron chi connectivity index (χ4n) is 2.08. The van der Waals surface area contributed by atoms with Gasteiger partial charge in [-0.1, -0.05) is 58.8 Å². The third-order valence-corrected chi connectivity index (χ3v) is 3.30. The van der Waals surface area contributed by atoms with Gasteiger partial charge in [0.05, 0.1) is 0 Å². The summed E-state index contributed by atoms with van der Waals surface area (Å²) in [5.74, 6) is 0. The fourth-order valence-corrected chi connectivity index (χ4v) is 2.08. The van der Waals surface area contributed by atoms with Crippen molar-refractivity contribution < 1.29 is 10.2 Å². The van der Waals surface area contributed by atoms with Gasteiger partial charge in [0.15, 0.2) is 0 Å². The number of nitrogens with one attached hydrogen (secondary N) is 1. The maximum Gasteiger partial charge on any atom is 0.106 e. The van der Waals surface area contributed by atoms with Crippen molar-refractivity contribution >= 4 is 0 Å². The van der Waals surface area contributed by atoms with Crippen LogP contribution in [0.4, 0.5) is 0 Å². The van der Waals surface area contributed by atoms with Gasteiger partial charge in [0, 0.05) is 0 Å². The molecule has 110 valence electrons. The van der Waals surface area contributed by atoms with Crippen molar-refractivity contribution in [2.24, 2.45) is 0 Å². The van der Waals surface area contributed by atoms with Crippen LogP contribution in [0.5, 0.6) is 0 Å². The molecule has 0 aliphatic rings. The van der Waals surface area contributed by atoms with E-state index in [2.05, 4.69) is 19.2 Å². The normalized spacial score (nSPS) is 14.7. The summed E-state index contributed by atoms with van der Waals surface area (Å²) >= 11 is 0. The van der Waals surface area contributed by atoms with E-state index in [0.29, 0.717) is 0 Å². The smallest absolute Gasteiger partial charge is 0.106 e. The van der Waals surface area contributed by atoms with E-state index in [9.17, 15) is 10.2 Å². The van der Waals surface area contributed by atoms with Crippen molar-refractivity contribution in [2.45, 2.75) is 96.9 Å². The lowest BCUT2D eigenvalue weighted by Gasteiger charge is -2.17. The highest BCUT2D eigenvalue weighted by molar-refractivity contribution is 4.58. The summed E-state index contributed by atoms with van der Waals surface area (Å²) in [6.45, 7) is 4.33. The summed E-state index contributed by atoms with van der Waals surface area (Å²) in [7, 11) is 0. The number of hydrogen-bond donors (Lipinski definition) is 3. The van der Waals surface area contributed by atoms with E-state index in [4.69, 9.17) is 0 Å². The second-order valence-corrected chi connectivity index (χ2v) is 5.25. The summed E-state index contributed by atoms with van der Waals surface area (Å²) in [5.41, 5.74) is 0. The first-order valence-electron chi connectivity index (χ1n) is 7.82. The molecule has 0 amide bonds. The van der Waals surface area contributed by atoms with Crippen LogP contribution in [0.1, 0.15) is 84.5 Å². The molecule has 0 aromatic heterocycles. The molecule has 3 N–H and O–H groups in total. The molecule has 0 aliphatic carbocycles. The van der Waals surface area contributed by atoms with E-state index < -0.39 is 12.5 Å². The molecular weight excluding hydrogens is 226 g/mol. The van der Waals surface area contributed by atoms with Crippen molar-refractivity contribution in [2.75, 3.05) is 0 Å². The third kappa shape index (κ3) is 12.3. The summed E-state index contributed by atoms with van der Waals surface area (Å²) in [6, 6.07) is 0. The summed E-state index contributed by atoms with van der Waals surface area (Å²) in [5, 5.41) is 22.1. The number of hydrogen-bond acceptors (Lipinski definition) is 3. The Morgan fingerprint density at radius 3 is 1.67 bits per heavy atom. The lowest BCUT2D eigenvalue weighted by molar-refractivity contribution is 0.0312. The predicted octanol–water partition coefficient (Wildman–Crippen LogP) is 3.54. The number of rotatable bonds is 13. The Kier molecular flexibility index (Phi) is 13.2. The molecule has 3 nitrogen and oxygen atoms in total. The third-order valence-electron chi connectivity index (χ3n) is 3.30. The molecule has 0 saturated carbocycles. The van der Waals surface area contributed by atoms with Crippen molar-refractivity contribution in [3.8, 4) is 0 Å². The molecule has 0 aliphatic heterocycles. The van der Waals surface area contributed by atoms with Gasteiger partial charge >= 0.3 is 0 Å². The van der Waals surface area contributed by atoms with Crippen LogP contribution in [0.25, 0.3) is 0 Å². The first kappa shape index (κ1) is 17.9. The van der Waals surface area contributed by atoms with Gasteiger partial charge in [-0.3, -0.25) is 5.32 Å². The monoisotopic (exact) mass is 259 g/mol. The predicted molar refractivity (Wildman–Crippen MR) is 77.3 cm³/mol. The Balaban J connectivity index is 3.28. The number of aliphatic hydroxyl groups excluding tert-OH is 2. The molecule has 2 unspecified atom stereocenters. The molecule has 0 aromatic carbocycles. The largest absolute Gasteiger partial charge is 0.379 e. The molecule has 3 heteroatoms. The second-order valence-electron chi connectivity index (χ2n) is 5.25. The molecule has 0 spiro atoms. The van der Waals surface area contributed by atoms with E-state index in [-0.39, 0.29) is 0 Å². The summed E-state index contributed by atoms with van der Waals surface area (Å²) in [4.78, 5) is 0. The van der Waals surface area contributed by atoms with Gasteiger partial charge in [-0.15, -0.1) is 0 Å². The minimum atomic E-state index is -0.551. The zero-order valence-electron chi connectivity index (χ0n) is 12.3. The quantitative estimate of drug-likeness (QED) is 0.350. The van der Waals surface area contributed by atoms with Gasteiger partial charge in [0.25, 0.3) is 0 Å². The Hall–Kier alpha value is -0.120. The topological polar surface area (TPSA) is 52.5 Å². The van der Waals surface area contributed by atoms with Crippen LogP contribution in [-0.4, -0.2) is 22.7 Å². The maximum atomic E-state index is 9.69. The standard InChI is InChI=1S/C15H33NO2/c1-3-5-7-8-9-10-11-13-15(18)16-14(17)12-6-4-2/h14-18H,3-13H2,1-2H3. The van der Waals surface area contributed by atoms with Crippen LogP contribution in [0.15, 0.2) is 0 Å². The average Bonchev–Trinajstić information content (AvgIpc) is 2.35. The van der Waals surface area contributed by atoms with Crippen LogP contribution in [-0.2, 0) is 0 Å². The summed E-state index contributed by atoms with van der Waals surface area (Å²) < 4.78 is 0. The molecule has 18 heavy (non-hydrogen) atoms. The minimum absolute atomic E-state index is 0.549. The zero-order valence-corrected chi connectivity index (χ0v) is 12.3. The summed E-state index contributed by atoms with van der Waals surface area (Å²) in [6.07, 6.45) is 11.2. The molecule has 0 aromatic rings. The van der Waals surface area contributed by atoms with Crippen molar-refractivity contribution in [3.05, 3.63) is 0 Å². The molecule has 0 heterocycles. The Bertz CT molecular complexity index is 165. The van der Waals surface area contributed by atoms with Crippen LogP contribution >= 0.6 is 0 Å². The molecule has 0 rings (SSSR count). The van der Waals surface area contributed by atoms with Gasteiger partial charge in [0.1, 0.15) is 12.5 Å². The number of aliphatic hydroxyl groups is 2. The van der Waals surface area contributed by atoms with Crippen LogP contribution in [0.2, 0.25) is 0 Å². The Morgan fingerprint density at radius 2 is 1.11 bits per heavy atom. The van der Waals surface area contributed by atoms with Crippen molar-refractivity contribution in [1.29, 1.82) is 0 Å². The van der Waals surface area contributed by atoms with Crippen LogP contribution in [0, 0.1) is 0 Å².